The van der Waals surface area contributed by atoms with Crippen LogP contribution in [0.25, 0.3) is 0 Å². The van der Waals surface area contributed by atoms with Gasteiger partial charge in [-0.15, -0.1) is 0 Å². The van der Waals surface area contributed by atoms with Crippen LogP contribution in [0.3, 0.4) is 0 Å². The zero-order chi connectivity index (χ0) is 40.8. The van der Waals surface area contributed by atoms with Gasteiger partial charge in [0.05, 0.1) is 48.3 Å². The molecule has 4 fully saturated rings. The number of esters is 2. The molecule has 0 amide bonds. The fourth-order valence-electron chi connectivity index (χ4n) is 13.6. The summed E-state index contributed by atoms with van der Waals surface area (Å²) in [6.07, 6.45) is 6.66. The van der Waals surface area contributed by atoms with Gasteiger partial charge >= 0.3 is 11.9 Å². The average molecular weight is 805 g/mol. The Balaban J connectivity index is 0.000000150. The highest BCUT2D eigenvalue weighted by atomic mass is 16.5. The maximum atomic E-state index is 12.0. The molecule has 2 unspecified atom stereocenters. The number of ether oxygens (including phenoxy) is 6. The Morgan fingerprint density at radius 1 is 0.707 bits per heavy atom. The van der Waals surface area contributed by atoms with Crippen molar-refractivity contribution in [1.82, 2.24) is 20.4 Å². The topological polar surface area (TPSA) is 161 Å². The maximum absolute atomic E-state index is 12.0. The summed E-state index contributed by atoms with van der Waals surface area (Å²) in [5, 5.41) is 28.0. The van der Waals surface area contributed by atoms with Gasteiger partial charge in [0, 0.05) is 49.5 Å². The van der Waals surface area contributed by atoms with Crippen LogP contribution >= 0.6 is 0 Å². The van der Waals surface area contributed by atoms with Gasteiger partial charge in [0.15, 0.2) is 23.0 Å². The zero-order valence-electron chi connectivity index (χ0n) is 34.7. The van der Waals surface area contributed by atoms with Gasteiger partial charge in [0.1, 0.15) is 12.2 Å². The van der Waals surface area contributed by atoms with E-state index < -0.39 is 0 Å². The number of hydrogen-bond acceptors (Lipinski definition) is 14. The SMILES string of the molecule is CCOC(=O)CN[C@@H]1CC[C@@]2(OC)C3Cc4ccc(O)c5c4[C@@]2(CCN3C)[C@H]1O5.CCOC(=O)CN[C@H]1CC[C@@]2(OC)C3Cc4ccc(O)c5c4[C@@]2(CCN3C)[C@H]1O5. The highest BCUT2D eigenvalue weighted by Gasteiger charge is 2.75. The minimum absolute atomic E-state index is 0.00973. The quantitative estimate of drug-likeness (QED) is 0.260. The molecule has 0 aromatic heterocycles. The van der Waals surface area contributed by atoms with Crippen LogP contribution < -0.4 is 20.1 Å². The van der Waals surface area contributed by atoms with Crippen molar-refractivity contribution < 1.29 is 48.2 Å². The van der Waals surface area contributed by atoms with Gasteiger partial charge < -0.3 is 59.1 Å². The largest absolute Gasteiger partial charge is 0.504 e. The molecule has 4 aliphatic carbocycles. The van der Waals surface area contributed by atoms with Crippen LogP contribution in [0.15, 0.2) is 24.3 Å². The number of benzene rings is 2. The number of carbonyl (C=O) groups excluding carboxylic acids is 2. The van der Waals surface area contributed by atoms with Crippen LogP contribution in [-0.2, 0) is 52.2 Å². The van der Waals surface area contributed by atoms with Crippen molar-refractivity contribution in [3.63, 3.8) is 0 Å². The van der Waals surface area contributed by atoms with Crippen molar-refractivity contribution >= 4 is 11.9 Å². The van der Waals surface area contributed by atoms with Crippen LogP contribution in [0, 0.1) is 0 Å². The summed E-state index contributed by atoms with van der Waals surface area (Å²) < 4.78 is 36.0. The van der Waals surface area contributed by atoms with Crippen LogP contribution in [0.1, 0.15) is 74.6 Å². The number of aromatic hydroxyl groups is 2. The number of rotatable bonds is 10. The molecule has 4 aliphatic heterocycles. The third-order valence-electron chi connectivity index (χ3n) is 15.7. The van der Waals surface area contributed by atoms with Gasteiger partial charge in [0.25, 0.3) is 0 Å². The molecular formula is C44H60N4O10. The Bertz CT molecular complexity index is 1830. The number of piperidine rings is 2. The highest BCUT2D eigenvalue weighted by molar-refractivity contribution is 5.72. The minimum Gasteiger partial charge on any atom is -0.504 e. The molecule has 0 radical (unpaired) electrons. The number of carbonyl (C=O) groups is 2. The first-order chi connectivity index (χ1) is 28.0. The minimum atomic E-state index is -0.362. The number of nitrogens with one attached hydrogen (secondary N) is 2. The molecule has 10 atom stereocenters. The molecule has 4 N–H and O–H groups in total. The summed E-state index contributed by atoms with van der Waals surface area (Å²) in [6, 6.07) is 8.10. The molecule has 4 bridgehead atoms. The van der Waals surface area contributed by atoms with Crippen LogP contribution in [0.4, 0.5) is 0 Å². The molecule has 14 nitrogen and oxygen atoms in total. The van der Waals surface area contributed by atoms with E-state index in [2.05, 4.69) is 34.5 Å². The summed E-state index contributed by atoms with van der Waals surface area (Å²) in [6.45, 7) is 6.60. The maximum Gasteiger partial charge on any atom is 0.319 e. The molecule has 14 heteroatoms. The van der Waals surface area contributed by atoms with E-state index in [0.717, 1.165) is 75.6 Å². The lowest BCUT2D eigenvalue weighted by atomic mass is 9.48. The second kappa shape index (κ2) is 14.5. The second-order valence-corrected chi connectivity index (χ2v) is 17.7. The van der Waals surface area contributed by atoms with E-state index in [4.69, 9.17) is 28.4 Å². The monoisotopic (exact) mass is 804 g/mol. The lowest BCUT2D eigenvalue weighted by Crippen LogP contribution is -2.78. The summed E-state index contributed by atoms with van der Waals surface area (Å²) in [5.41, 5.74) is 3.38. The summed E-state index contributed by atoms with van der Waals surface area (Å²) in [4.78, 5) is 28.8. The summed E-state index contributed by atoms with van der Waals surface area (Å²) in [7, 11) is 8.01. The summed E-state index contributed by atoms with van der Waals surface area (Å²) in [5.74, 6) is 1.11. The number of likely N-dealkylation sites (tertiary alicyclic amines) is 2. The Labute approximate surface area is 340 Å². The molecule has 58 heavy (non-hydrogen) atoms. The Morgan fingerprint density at radius 2 is 1.12 bits per heavy atom. The first-order valence-corrected chi connectivity index (χ1v) is 21.3. The van der Waals surface area contributed by atoms with Crippen molar-refractivity contribution in [3.8, 4) is 23.0 Å². The van der Waals surface area contributed by atoms with Crippen molar-refractivity contribution in [2.24, 2.45) is 0 Å². The number of methoxy groups -OCH3 is 2. The number of likely N-dealkylation sites (N-methyl/N-ethyl adjacent to an activating group) is 2. The van der Waals surface area contributed by atoms with E-state index in [1.54, 1.807) is 12.1 Å². The van der Waals surface area contributed by atoms with E-state index in [0.29, 0.717) is 24.7 Å². The van der Waals surface area contributed by atoms with Gasteiger partial charge in [-0.1, -0.05) is 12.1 Å². The first kappa shape index (κ1) is 39.8. The van der Waals surface area contributed by atoms with Crippen molar-refractivity contribution in [2.75, 3.05) is 67.7 Å². The van der Waals surface area contributed by atoms with Crippen LogP contribution in [0.2, 0.25) is 0 Å². The van der Waals surface area contributed by atoms with E-state index in [-0.39, 0.29) is 94.9 Å². The average Bonchev–Trinajstić information content (AvgIpc) is 3.77. The zero-order valence-corrected chi connectivity index (χ0v) is 34.7. The normalized spacial score (nSPS) is 37.0. The molecular weight excluding hydrogens is 745 g/mol. The number of phenols is 2. The smallest absolute Gasteiger partial charge is 0.319 e. The number of nitrogens with zero attached hydrogens (tertiary/aromatic N) is 2. The number of hydrogen-bond donors (Lipinski definition) is 4. The third-order valence-corrected chi connectivity index (χ3v) is 15.7. The van der Waals surface area contributed by atoms with E-state index in [1.807, 2.05) is 40.2 Å². The van der Waals surface area contributed by atoms with Crippen molar-refractivity contribution in [3.05, 3.63) is 46.5 Å². The molecule has 2 aromatic rings. The third kappa shape index (κ3) is 5.23. The molecule has 2 saturated heterocycles. The standard InChI is InChI=1S/2C22H30N2O5/c2*1-4-28-17(26)12-23-14-7-8-22(27-3)16-11-13-5-6-15(25)19-18(13)21(22,20(14)29-19)9-10-24(16)2/h2*5-6,14,16,20,23,25H,4,7-12H2,1-3H3/t14-,16?,20+,21+,22-;14-,16?,20-,21-,22+/m10/s1. The Morgan fingerprint density at radius 3 is 1.50 bits per heavy atom. The Kier molecular flexibility index (Phi) is 9.95. The summed E-state index contributed by atoms with van der Waals surface area (Å²) >= 11 is 0. The highest BCUT2D eigenvalue weighted by Crippen LogP contribution is 2.68. The molecule has 10 rings (SSSR count). The van der Waals surface area contributed by atoms with Gasteiger partial charge in [0.2, 0.25) is 0 Å². The van der Waals surface area contributed by atoms with Crippen LogP contribution in [0.5, 0.6) is 23.0 Å². The van der Waals surface area contributed by atoms with Crippen LogP contribution in [-0.4, -0.2) is 147 Å². The fourth-order valence-corrected chi connectivity index (χ4v) is 13.6. The predicted octanol–water partition coefficient (Wildman–Crippen LogP) is 2.70. The van der Waals surface area contributed by atoms with E-state index in [9.17, 15) is 19.8 Å². The first-order valence-electron chi connectivity index (χ1n) is 21.3. The predicted molar refractivity (Wildman–Crippen MR) is 213 cm³/mol. The molecule has 316 valence electrons. The van der Waals surface area contributed by atoms with Gasteiger partial charge in [-0.05, 0) is 116 Å². The van der Waals surface area contributed by atoms with Gasteiger partial charge in [-0.3, -0.25) is 9.59 Å². The fraction of sp³-hybridized carbons (Fsp3) is 0.682. The molecule has 8 aliphatic rings. The molecule has 2 spiro atoms. The number of phenolic OH excluding ortho intramolecular Hbond substituents is 2. The van der Waals surface area contributed by atoms with E-state index in [1.165, 1.54) is 11.1 Å². The lowest BCUT2D eigenvalue weighted by Gasteiger charge is -2.65. The van der Waals surface area contributed by atoms with E-state index >= 15 is 0 Å². The lowest BCUT2D eigenvalue weighted by molar-refractivity contribution is -0.203. The molecule has 2 saturated carbocycles. The molecule has 2 aromatic carbocycles. The van der Waals surface area contributed by atoms with Crippen molar-refractivity contribution in [2.45, 2.75) is 124 Å². The van der Waals surface area contributed by atoms with Gasteiger partial charge in [-0.25, -0.2) is 0 Å². The van der Waals surface area contributed by atoms with Gasteiger partial charge in [-0.2, -0.15) is 0 Å². The molecule has 4 heterocycles. The second-order valence-electron chi connectivity index (χ2n) is 17.7. The van der Waals surface area contributed by atoms with Crippen molar-refractivity contribution in [1.29, 1.82) is 0 Å². The Hall–Kier alpha value is -3.66.